The first-order valence-corrected chi connectivity index (χ1v) is 6.50. The van der Waals surface area contributed by atoms with Crippen LogP contribution in [0.4, 0.5) is 5.88 Å². The van der Waals surface area contributed by atoms with Crippen LogP contribution in [0.15, 0.2) is 10.5 Å². The van der Waals surface area contributed by atoms with Crippen LogP contribution >= 0.6 is 0 Å². The summed E-state index contributed by atoms with van der Waals surface area (Å²) in [6, 6.07) is 2.08. The van der Waals surface area contributed by atoms with Gasteiger partial charge in [0.2, 0.25) is 0 Å². The SMILES string of the molecule is Cc1cc([N+](C)(C=O)C2CCCCC2)oc1C=O. The van der Waals surface area contributed by atoms with Gasteiger partial charge in [-0.25, -0.2) is 4.79 Å². The van der Waals surface area contributed by atoms with Crippen molar-refractivity contribution in [2.24, 2.45) is 0 Å². The van der Waals surface area contributed by atoms with Crippen molar-refractivity contribution in [3.8, 4) is 0 Å². The Hall–Kier alpha value is -1.42. The second kappa shape index (κ2) is 5.06. The number of hydrogen-bond acceptors (Lipinski definition) is 3. The molecule has 1 aromatic heterocycles. The van der Waals surface area contributed by atoms with Crippen molar-refractivity contribution in [3.63, 3.8) is 0 Å². The zero-order chi connectivity index (χ0) is 13.2. The minimum Gasteiger partial charge on any atom is -0.409 e. The van der Waals surface area contributed by atoms with E-state index in [9.17, 15) is 9.59 Å². The van der Waals surface area contributed by atoms with Gasteiger partial charge in [0.05, 0.1) is 7.05 Å². The largest absolute Gasteiger partial charge is 0.409 e. The van der Waals surface area contributed by atoms with Crippen LogP contribution in [0.3, 0.4) is 0 Å². The van der Waals surface area contributed by atoms with Gasteiger partial charge in [0.25, 0.3) is 0 Å². The minimum absolute atomic E-state index is 0.147. The van der Waals surface area contributed by atoms with Crippen LogP contribution in [-0.2, 0) is 4.79 Å². The lowest BCUT2D eigenvalue weighted by atomic mass is 9.93. The van der Waals surface area contributed by atoms with Crippen LogP contribution in [-0.4, -0.2) is 25.8 Å². The van der Waals surface area contributed by atoms with E-state index in [1.165, 1.54) is 6.42 Å². The first-order chi connectivity index (χ1) is 8.61. The fourth-order valence-electron chi connectivity index (χ4n) is 2.77. The van der Waals surface area contributed by atoms with Crippen molar-refractivity contribution in [1.82, 2.24) is 4.48 Å². The molecule has 1 saturated carbocycles. The monoisotopic (exact) mass is 250 g/mol. The van der Waals surface area contributed by atoms with Gasteiger partial charge in [0.1, 0.15) is 6.04 Å². The third-order valence-electron chi connectivity index (χ3n) is 4.08. The Bertz CT molecular complexity index is 446. The summed E-state index contributed by atoms with van der Waals surface area (Å²) in [7, 11) is 1.87. The molecule has 1 heterocycles. The average molecular weight is 250 g/mol. The molecule has 1 aliphatic rings. The molecule has 1 unspecified atom stereocenters. The summed E-state index contributed by atoms with van der Waals surface area (Å²) in [5.74, 6) is 0.906. The fraction of sp³-hybridized carbons (Fsp3) is 0.571. The van der Waals surface area contributed by atoms with E-state index < -0.39 is 0 Å². The lowest BCUT2D eigenvalue weighted by Gasteiger charge is -2.35. The molecule has 0 saturated heterocycles. The number of furan rings is 1. The molecule has 2 rings (SSSR count). The molecule has 1 atom stereocenters. The standard InChI is InChI=1S/C14H20NO3/c1-11-8-14(18-13(11)9-16)15(2,10-17)12-6-4-3-5-7-12/h8-10,12H,3-7H2,1-2H3/q+1. The van der Waals surface area contributed by atoms with E-state index in [0.717, 1.165) is 37.7 Å². The van der Waals surface area contributed by atoms with Crippen LogP contribution in [0.1, 0.15) is 48.2 Å². The lowest BCUT2D eigenvalue weighted by Crippen LogP contribution is -2.53. The highest BCUT2D eigenvalue weighted by atomic mass is 16.4. The normalized spacial score (nSPS) is 20.3. The number of hydrogen-bond donors (Lipinski definition) is 0. The van der Waals surface area contributed by atoms with Gasteiger partial charge in [-0.3, -0.25) is 4.79 Å². The van der Waals surface area contributed by atoms with E-state index in [1.54, 1.807) is 0 Å². The molecule has 18 heavy (non-hydrogen) atoms. The zero-order valence-electron chi connectivity index (χ0n) is 11.0. The Kier molecular flexibility index (Phi) is 3.66. The predicted octanol–water partition coefficient (Wildman–Crippen LogP) is 2.83. The molecule has 1 aliphatic carbocycles. The van der Waals surface area contributed by atoms with E-state index in [4.69, 9.17) is 4.42 Å². The topological polar surface area (TPSA) is 47.3 Å². The van der Waals surface area contributed by atoms with Gasteiger partial charge >= 0.3 is 12.3 Å². The number of nitrogens with zero attached hydrogens (tertiary/aromatic N) is 1. The zero-order valence-corrected chi connectivity index (χ0v) is 11.0. The van der Waals surface area contributed by atoms with Crippen LogP contribution in [0.5, 0.6) is 0 Å². The lowest BCUT2D eigenvalue weighted by molar-refractivity contribution is -0.119. The van der Waals surface area contributed by atoms with Gasteiger partial charge in [-0.1, -0.05) is 6.42 Å². The maximum atomic E-state index is 11.6. The molecule has 0 spiro atoms. The number of rotatable bonds is 4. The summed E-state index contributed by atoms with van der Waals surface area (Å²) >= 11 is 0. The molecule has 1 aromatic rings. The molecular weight excluding hydrogens is 230 g/mol. The Labute approximate surface area is 107 Å². The van der Waals surface area contributed by atoms with Gasteiger partial charge in [-0.2, -0.15) is 4.48 Å². The summed E-state index contributed by atoms with van der Waals surface area (Å²) in [6.07, 6.45) is 7.26. The van der Waals surface area contributed by atoms with E-state index in [-0.39, 0.29) is 10.5 Å². The third kappa shape index (κ3) is 2.12. The Morgan fingerprint density at radius 2 is 1.94 bits per heavy atom. The summed E-state index contributed by atoms with van der Waals surface area (Å²) in [4.78, 5) is 22.4. The molecule has 1 fully saturated rings. The number of quaternary nitrogens is 1. The predicted molar refractivity (Wildman–Crippen MR) is 69.5 cm³/mol. The number of carbonyl (C=O) groups excluding carboxylic acids is 2. The molecule has 0 radical (unpaired) electrons. The third-order valence-corrected chi connectivity index (χ3v) is 4.08. The average Bonchev–Trinajstić information content (AvgIpc) is 2.80. The van der Waals surface area contributed by atoms with Crippen molar-refractivity contribution in [3.05, 3.63) is 17.4 Å². The minimum atomic E-state index is 0.147. The van der Waals surface area contributed by atoms with Gasteiger partial charge in [0, 0.05) is 24.5 Å². The van der Waals surface area contributed by atoms with Gasteiger partial charge in [-0.15, -0.1) is 0 Å². The van der Waals surface area contributed by atoms with E-state index in [0.29, 0.717) is 17.9 Å². The highest BCUT2D eigenvalue weighted by Crippen LogP contribution is 2.33. The van der Waals surface area contributed by atoms with Crippen molar-refractivity contribution < 1.29 is 14.0 Å². The summed E-state index contributed by atoms with van der Waals surface area (Å²) in [6.45, 7) is 1.83. The first kappa shape index (κ1) is 13.0. The molecule has 0 bridgehead atoms. The second-order valence-electron chi connectivity index (χ2n) is 5.29. The molecule has 98 valence electrons. The van der Waals surface area contributed by atoms with Crippen LogP contribution in [0.2, 0.25) is 0 Å². The Morgan fingerprint density at radius 3 is 2.44 bits per heavy atom. The van der Waals surface area contributed by atoms with Crippen molar-refractivity contribution >= 4 is 18.6 Å². The molecule has 4 nitrogen and oxygen atoms in total. The van der Waals surface area contributed by atoms with E-state index >= 15 is 0 Å². The van der Waals surface area contributed by atoms with Crippen LogP contribution in [0, 0.1) is 6.92 Å². The first-order valence-electron chi connectivity index (χ1n) is 6.50. The van der Waals surface area contributed by atoms with Gasteiger partial charge < -0.3 is 4.42 Å². The maximum Gasteiger partial charge on any atom is 0.309 e. The maximum absolute atomic E-state index is 11.6. The summed E-state index contributed by atoms with van der Waals surface area (Å²) in [5, 5.41) is 0. The second-order valence-corrected chi connectivity index (χ2v) is 5.29. The molecule has 1 amide bonds. The highest BCUT2D eigenvalue weighted by molar-refractivity contribution is 5.76. The Balaban J connectivity index is 2.35. The number of amides is 1. The number of aryl methyl sites for hydroxylation is 1. The van der Waals surface area contributed by atoms with Crippen molar-refractivity contribution in [2.45, 2.75) is 45.1 Å². The highest BCUT2D eigenvalue weighted by Gasteiger charge is 2.39. The van der Waals surface area contributed by atoms with E-state index in [1.807, 2.05) is 20.0 Å². The van der Waals surface area contributed by atoms with Crippen LogP contribution < -0.4 is 4.48 Å². The summed E-state index contributed by atoms with van der Waals surface area (Å²) in [5.41, 5.74) is 0.794. The van der Waals surface area contributed by atoms with Crippen LogP contribution in [0.25, 0.3) is 0 Å². The van der Waals surface area contributed by atoms with Crippen molar-refractivity contribution in [2.75, 3.05) is 7.05 Å². The van der Waals surface area contributed by atoms with Gasteiger partial charge in [-0.05, 0) is 19.8 Å². The molecule has 4 heteroatoms. The van der Waals surface area contributed by atoms with Crippen molar-refractivity contribution in [1.29, 1.82) is 0 Å². The Morgan fingerprint density at radius 1 is 1.28 bits per heavy atom. The summed E-state index contributed by atoms with van der Waals surface area (Å²) < 4.78 is 5.69. The molecule has 0 N–H and O–H groups in total. The quantitative estimate of drug-likeness (QED) is 0.610. The van der Waals surface area contributed by atoms with Gasteiger partial charge in [0.15, 0.2) is 12.0 Å². The number of carbonyl (C=O) groups is 2. The fourth-order valence-corrected chi connectivity index (χ4v) is 2.77. The molecule has 0 aliphatic heterocycles. The van der Waals surface area contributed by atoms with E-state index in [2.05, 4.69) is 0 Å². The molecular formula is C14H20NO3+. The number of aldehydes is 1. The smallest absolute Gasteiger partial charge is 0.309 e. The molecule has 0 aromatic carbocycles.